The highest BCUT2D eigenvalue weighted by Crippen LogP contribution is 2.11. The zero-order chi connectivity index (χ0) is 13.1. The van der Waals surface area contributed by atoms with Crippen LogP contribution in [-0.2, 0) is 6.54 Å². The Morgan fingerprint density at radius 1 is 1.26 bits per heavy atom. The number of nitrogens with one attached hydrogen (secondary N) is 1. The summed E-state index contributed by atoms with van der Waals surface area (Å²) in [6.45, 7) is 7.52. The van der Waals surface area contributed by atoms with Gasteiger partial charge in [0, 0.05) is 44.5 Å². The van der Waals surface area contributed by atoms with Gasteiger partial charge in [-0.3, -0.25) is 4.90 Å². The molecule has 1 saturated heterocycles. The Bertz CT molecular complexity index is 541. The highest BCUT2D eigenvalue weighted by Gasteiger charge is 2.11. The molecule has 1 aromatic heterocycles. The average Bonchev–Trinajstić information content (AvgIpc) is 2.88. The van der Waals surface area contributed by atoms with Gasteiger partial charge in [0.25, 0.3) is 0 Å². The van der Waals surface area contributed by atoms with Gasteiger partial charge < -0.3 is 5.32 Å². The second-order valence-electron chi connectivity index (χ2n) is 5.16. The van der Waals surface area contributed by atoms with Gasteiger partial charge in [0.2, 0.25) is 0 Å². The molecular formula is C15H20N4. The van der Waals surface area contributed by atoms with E-state index in [1.54, 1.807) is 0 Å². The summed E-state index contributed by atoms with van der Waals surface area (Å²) in [6, 6.07) is 8.42. The molecule has 1 fully saturated rings. The third kappa shape index (κ3) is 3.03. The lowest BCUT2D eigenvalue weighted by Crippen LogP contribution is -2.42. The summed E-state index contributed by atoms with van der Waals surface area (Å²) in [5.74, 6) is 0. The lowest BCUT2D eigenvalue weighted by atomic mass is 10.2. The van der Waals surface area contributed by atoms with Gasteiger partial charge in [-0.1, -0.05) is 12.1 Å². The molecule has 1 aliphatic heterocycles. The van der Waals surface area contributed by atoms with E-state index in [1.807, 2.05) is 10.9 Å². The first-order valence-electron chi connectivity index (χ1n) is 6.85. The van der Waals surface area contributed by atoms with E-state index in [1.165, 1.54) is 11.1 Å². The van der Waals surface area contributed by atoms with Crippen molar-refractivity contribution in [1.29, 1.82) is 0 Å². The predicted octanol–water partition coefficient (Wildman–Crippen LogP) is 1.59. The molecule has 1 aliphatic rings. The van der Waals surface area contributed by atoms with Gasteiger partial charge in [-0.05, 0) is 24.6 Å². The average molecular weight is 256 g/mol. The molecule has 1 N–H and O–H groups in total. The Kier molecular flexibility index (Phi) is 3.62. The summed E-state index contributed by atoms with van der Waals surface area (Å²) in [5, 5.41) is 7.84. The molecule has 2 heterocycles. The summed E-state index contributed by atoms with van der Waals surface area (Å²) in [5.41, 5.74) is 3.67. The molecule has 0 unspecified atom stereocenters. The quantitative estimate of drug-likeness (QED) is 0.905. The second-order valence-corrected chi connectivity index (χ2v) is 5.16. The van der Waals surface area contributed by atoms with Crippen LogP contribution in [-0.4, -0.2) is 40.9 Å². The number of benzene rings is 1. The van der Waals surface area contributed by atoms with Crippen LogP contribution in [0.25, 0.3) is 5.69 Å². The molecule has 0 saturated carbocycles. The molecule has 100 valence electrons. The van der Waals surface area contributed by atoms with Crippen molar-refractivity contribution < 1.29 is 0 Å². The van der Waals surface area contributed by atoms with Crippen molar-refractivity contribution in [2.45, 2.75) is 13.5 Å². The molecule has 0 spiro atoms. The topological polar surface area (TPSA) is 33.1 Å². The van der Waals surface area contributed by atoms with Crippen LogP contribution in [0, 0.1) is 6.92 Å². The van der Waals surface area contributed by atoms with E-state index in [2.05, 4.69) is 52.7 Å². The number of hydrogen-bond donors (Lipinski definition) is 1. The van der Waals surface area contributed by atoms with Gasteiger partial charge in [-0.25, -0.2) is 4.68 Å². The number of rotatable bonds is 3. The van der Waals surface area contributed by atoms with Crippen molar-refractivity contribution in [3.8, 4) is 5.69 Å². The molecule has 4 nitrogen and oxygen atoms in total. The molecule has 3 rings (SSSR count). The van der Waals surface area contributed by atoms with Crippen LogP contribution in [0.2, 0.25) is 0 Å². The number of hydrogen-bond acceptors (Lipinski definition) is 3. The molecule has 1 aromatic carbocycles. The van der Waals surface area contributed by atoms with Crippen molar-refractivity contribution in [3.63, 3.8) is 0 Å². The number of piperazine rings is 1. The molecule has 0 atom stereocenters. The third-order valence-corrected chi connectivity index (χ3v) is 3.52. The van der Waals surface area contributed by atoms with Gasteiger partial charge in [0.15, 0.2) is 0 Å². The molecular weight excluding hydrogens is 236 g/mol. The molecule has 0 aliphatic carbocycles. The van der Waals surface area contributed by atoms with E-state index < -0.39 is 0 Å². The van der Waals surface area contributed by atoms with Crippen LogP contribution < -0.4 is 5.32 Å². The Hall–Kier alpha value is -1.65. The van der Waals surface area contributed by atoms with Crippen molar-refractivity contribution in [1.82, 2.24) is 20.0 Å². The third-order valence-electron chi connectivity index (χ3n) is 3.52. The van der Waals surface area contributed by atoms with Crippen LogP contribution in [0.3, 0.4) is 0 Å². The number of aryl methyl sites for hydroxylation is 1. The summed E-state index contributed by atoms with van der Waals surface area (Å²) in [7, 11) is 0. The maximum absolute atomic E-state index is 4.47. The van der Waals surface area contributed by atoms with Gasteiger partial charge in [-0.2, -0.15) is 5.10 Å². The van der Waals surface area contributed by atoms with Gasteiger partial charge in [-0.15, -0.1) is 0 Å². The molecule has 19 heavy (non-hydrogen) atoms. The molecule has 0 amide bonds. The first-order chi connectivity index (χ1) is 9.31. The van der Waals surface area contributed by atoms with E-state index in [0.29, 0.717) is 0 Å². The Labute approximate surface area is 114 Å². The van der Waals surface area contributed by atoms with Crippen molar-refractivity contribution in [3.05, 3.63) is 47.8 Å². The lowest BCUT2D eigenvalue weighted by Gasteiger charge is -2.26. The smallest absolute Gasteiger partial charge is 0.0648 e. The molecule has 2 aromatic rings. The summed E-state index contributed by atoms with van der Waals surface area (Å²) in [6.07, 6.45) is 4.11. The zero-order valence-electron chi connectivity index (χ0n) is 11.3. The Balaban J connectivity index is 1.72. The zero-order valence-corrected chi connectivity index (χ0v) is 11.3. The highest BCUT2D eigenvalue weighted by molar-refractivity contribution is 5.35. The summed E-state index contributed by atoms with van der Waals surface area (Å²) >= 11 is 0. The van der Waals surface area contributed by atoms with E-state index >= 15 is 0 Å². The van der Waals surface area contributed by atoms with Crippen LogP contribution in [0.1, 0.15) is 11.1 Å². The van der Waals surface area contributed by atoms with E-state index in [-0.39, 0.29) is 0 Å². The predicted molar refractivity (Wildman–Crippen MR) is 76.4 cm³/mol. The minimum Gasteiger partial charge on any atom is -0.314 e. The summed E-state index contributed by atoms with van der Waals surface area (Å²) < 4.78 is 1.96. The first-order valence-corrected chi connectivity index (χ1v) is 6.85. The lowest BCUT2D eigenvalue weighted by molar-refractivity contribution is 0.233. The van der Waals surface area contributed by atoms with Crippen molar-refractivity contribution in [2.75, 3.05) is 26.2 Å². The minimum atomic E-state index is 0.994. The van der Waals surface area contributed by atoms with E-state index in [4.69, 9.17) is 0 Å². The largest absolute Gasteiger partial charge is 0.314 e. The fourth-order valence-corrected chi connectivity index (χ4v) is 2.48. The molecule has 4 heteroatoms. The standard InChI is InChI=1S/C15H20N4/c1-13-3-2-4-15(9-13)19-12-14(10-17-19)11-18-7-5-16-6-8-18/h2-4,9-10,12,16H,5-8,11H2,1H3. The van der Waals surface area contributed by atoms with E-state index in [0.717, 1.165) is 38.4 Å². The van der Waals surface area contributed by atoms with Gasteiger partial charge >= 0.3 is 0 Å². The fourth-order valence-electron chi connectivity index (χ4n) is 2.48. The van der Waals surface area contributed by atoms with Crippen LogP contribution in [0.5, 0.6) is 0 Å². The minimum absolute atomic E-state index is 0.994. The Morgan fingerprint density at radius 2 is 2.11 bits per heavy atom. The van der Waals surface area contributed by atoms with Crippen LogP contribution in [0.4, 0.5) is 0 Å². The maximum Gasteiger partial charge on any atom is 0.0648 e. The monoisotopic (exact) mass is 256 g/mol. The maximum atomic E-state index is 4.47. The Morgan fingerprint density at radius 3 is 2.89 bits per heavy atom. The van der Waals surface area contributed by atoms with Gasteiger partial charge in [0.1, 0.15) is 0 Å². The molecule has 0 radical (unpaired) electrons. The number of aromatic nitrogens is 2. The summed E-state index contributed by atoms with van der Waals surface area (Å²) in [4.78, 5) is 2.47. The first kappa shape index (κ1) is 12.4. The molecule has 0 bridgehead atoms. The van der Waals surface area contributed by atoms with Crippen molar-refractivity contribution in [2.24, 2.45) is 0 Å². The van der Waals surface area contributed by atoms with Crippen LogP contribution in [0.15, 0.2) is 36.7 Å². The second kappa shape index (κ2) is 5.55. The SMILES string of the molecule is Cc1cccc(-n2cc(CN3CCNCC3)cn2)c1. The number of nitrogens with zero attached hydrogens (tertiary/aromatic N) is 3. The van der Waals surface area contributed by atoms with Crippen molar-refractivity contribution >= 4 is 0 Å². The normalized spacial score (nSPS) is 16.7. The van der Waals surface area contributed by atoms with Gasteiger partial charge in [0.05, 0.1) is 11.9 Å². The highest BCUT2D eigenvalue weighted by atomic mass is 15.3. The van der Waals surface area contributed by atoms with Crippen LogP contribution >= 0.6 is 0 Å². The fraction of sp³-hybridized carbons (Fsp3) is 0.400. The van der Waals surface area contributed by atoms with E-state index in [9.17, 15) is 0 Å².